The number of piperazine rings is 1. The molecule has 0 spiro atoms. The summed E-state index contributed by atoms with van der Waals surface area (Å²) in [5, 5.41) is 4.70. The number of hydrogen-bond donors (Lipinski definition) is 2. The third kappa shape index (κ3) is 2.30. The highest BCUT2D eigenvalue weighted by molar-refractivity contribution is 5.86. The molecule has 1 aliphatic heterocycles. The van der Waals surface area contributed by atoms with Crippen molar-refractivity contribution in [1.29, 1.82) is 0 Å². The lowest BCUT2D eigenvalue weighted by Gasteiger charge is -2.33. The number of benzene rings is 1. The molecule has 0 radical (unpaired) electrons. The molecule has 2 N–H and O–H groups in total. The van der Waals surface area contributed by atoms with Crippen molar-refractivity contribution in [1.82, 2.24) is 15.2 Å². The molecule has 1 atom stereocenters. The fourth-order valence-electron chi connectivity index (χ4n) is 3.24. The zero-order valence-electron chi connectivity index (χ0n) is 12.5. The number of hydrogen-bond acceptors (Lipinski definition) is 3. The molecular weight excluding hydrogens is 250 g/mol. The monoisotopic (exact) mass is 273 g/mol. The molecule has 1 aliphatic rings. The van der Waals surface area contributed by atoms with Crippen LogP contribution >= 0.6 is 0 Å². The topological polar surface area (TPSA) is 40.3 Å². The van der Waals surface area contributed by atoms with Crippen molar-refractivity contribution in [2.24, 2.45) is 0 Å². The minimum Gasteiger partial charge on any atom is -0.497 e. The van der Waals surface area contributed by atoms with Crippen molar-refractivity contribution >= 4 is 10.9 Å². The van der Waals surface area contributed by atoms with Crippen molar-refractivity contribution in [3.63, 3.8) is 0 Å². The Morgan fingerprint density at radius 3 is 2.70 bits per heavy atom. The van der Waals surface area contributed by atoms with E-state index in [2.05, 4.69) is 41.2 Å². The fourth-order valence-corrected chi connectivity index (χ4v) is 3.24. The van der Waals surface area contributed by atoms with Crippen LogP contribution in [-0.4, -0.2) is 43.2 Å². The van der Waals surface area contributed by atoms with Crippen molar-refractivity contribution in [2.45, 2.75) is 19.9 Å². The molecule has 1 aromatic carbocycles. The van der Waals surface area contributed by atoms with Gasteiger partial charge in [-0.1, -0.05) is 0 Å². The molecule has 2 heterocycles. The van der Waals surface area contributed by atoms with Gasteiger partial charge in [0.2, 0.25) is 0 Å². The van der Waals surface area contributed by atoms with Crippen LogP contribution in [0.4, 0.5) is 0 Å². The second-order valence-electron chi connectivity index (χ2n) is 5.54. The second-order valence-corrected chi connectivity index (χ2v) is 5.54. The minimum absolute atomic E-state index is 0.429. The molecule has 4 heteroatoms. The molecule has 2 aromatic rings. The first-order valence-corrected chi connectivity index (χ1v) is 7.31. The molecule has 20 heavy (non-hydrogen) atoms. The summed E-state index contributed by atoms with van der Waals surface area (Å²) in [6.45, 7) is 8.85. The number of rotatable bonds is 3. The Morgan fingerprint density at radius 2 is 2.00 bits per heavy atom. The van der Waals surface area contributed by atoms with Crippen molar-refractivity contribution in [3.8, 4) is 5.75 Å². The van der Waals surface area contributed by atoms with Gasteiger partial charge in [-0.2, -0.15) is 0 Å². The van der Waals surface area contributed by atoms with E-state index in [1.165, 1.54) is 22.2 Å². The Labute approximate surface area is 120 Å². The number of aryl methyl sites for hydroxylation is 1. The first kappa shape index (κ1) is 13.5. The van der Waals surface area contributed by atoms with Crippen LogP contribution in [0.3, 0.4) is 0 Å². The van der Waals surface area contributed by atoms with E-state index < -0.39 is 0 Å². The van der Waals surface area contributed by atoms with Gasteiger partial charge < -0.3 is 15.0 Å². The van der Waals surface area contributed by atoms with Gasteiger partial charge in [0.1, 0.15) is 5.75 Å². The number of ether oxygens (including phenoxy) is 1. The summed E-state index contributed by atoms with van der Waals surface area (Å²) in [6.07, 6.45) is 0. The van der Waals surface area contributed by atoms with Crippen molar-refractivity contribution in [3.05, 3.63) is 29.5 Å². The molecular formula is C16H23N3O. The maximum Gasteiger partial charge on any atom is 0.119 e. The van der Waals surface area contributed by atoms with Crippen LogP contribution in [0.25, 0.3) is 10.9 Å². The van der Waals surface area contributed by atoms with Crippen LogP contribution in [0.1, 0.15) is 24.2 Å². The summed E-state index contributed by atoms with van der Waals surface area (Å²) in [5.41, 5.74) is 3.86. The molecule has 0 bridgehead atoms. The summed E-state index contributed by atoms with van der Waals surface area (Å²) in [7, 11) is 1.72. The number of fused-ring (bicyclic) bond motifs is 1. The van der Waals surface area contributed by atoms with E-state index in [1.54, 1.807) is 7.11 Å². The first-order valence-electron chi connectivity index (χ1n) is 7.31. The lowest BCUT2D eigenvalue weighted by atomic mass is 10.0. The third-order valence-corrected chi connectivity index (χ3v) is 4.36. The predicted octanol–water partition coefficient (Wildman–Crippen LogP) is 2.45. The molecule has 1 unspecified atom stereocenters. The molecule has 108 valence electrons. The largest absolute Gasteiger partial charge is 0.497 e. The number of nitrogens with one attached hydrogen (secondary N) is 2. The van der Waals surface area contributed by atoms with Gasteiger partial charge in [-0.05, 0) is 37.6 Å². The molecule has 1 fully saturated rings. The molecule has 0 saturated carbocycles. The molecule has 0 amide bonds. The number of H-pyrrole nitrogens is 1. The van der Waals surface area contributed by atoms with E-state index in [-0.39, 0.29) is 0 Å². The van der Waals surface area contributed by atoms with E-state index in [4.69, 9.17) is 4.74 Å². The fraction of sp³-hybridized carbons (Fsp3) is 0.500. The van der Waals surface area contributed by atoms with E-state index in [1.807, 2.05) is 6.07 Å². The van der Waals surface area contributed by atoms with Gasteiger partial charge in [0.15, 0.2) is 0 Å². The number of aromatic nitrogens is 1. The summed E-state index contributed by atoms with van der Waals surface area (Å²) < 4.78 is 5.37. The molecule has 1 aromatic heterocycles. The summed E-state index contributed by atoms with van der Waals surface area (Å²) >= 11 is 0. The second kappa shape index (κ2) is 5.46. The maximum atomic E-state index is 5.37. The molecule has 0 aliphatic carbocycles. The standard InChI is InChI=1S/C16H23N3O/c1-11-16(12(2)19-8-6-17-7-9-19)14-10-13(20-3)4-5-15(14)18-11/h4-5,10,12,17-18H,6-9H2,1-3H3. The molecule has 3 rings (SSSR count). The Balaban J connectivity index is 2.02. The van der Waals surface area contributed by atoms with Gasteiger partial charge in [-0.15, -0.1) is 0 Å². The predicted molar refractivity (Wildman–Crippen MR) is 82.4 cm³/mol. The van der Waals surface area contributed by atoms with Crippen LogP contribution in [0.15, 0.2) is 18.2 Å². The zero-order valence-corrected chi connectivity index (χ0v) is 12.5. The average Bonchev–Trinajstić information content (AvgIpc) is 2.82. The molecule has 4 nitrogen and oxygen atoms in total. The van der Waals surface area contributed by atoms with Crippen LogP contribution in [0.2, 0.25) is 0 Å². The number of nitrogens with zero attached hydrogens (tertiary/aromatic N) is 1. The maximum absolute atomic E-state index is 5.37. The summed E-state index contributed by atoms with van der Waals surface area (Å²) in [6, 6.07) is 6.69. The zero-order chi connectivity index (χ0) is 14.1. The van der Waals surface area contributed by atoms with Crippen LogP contribution in [0, 0.1) is 6.92 Å². The normalized spacial score (nSPS) is 18.4. The van der Waals surface area contributed by atoms with Crippen molar-refractivity contribution < 1.29 is 4.74 Å². The summed E-state index contributed by atoms with van der Waals surface area (Å²) in [5.74, 6) is 0.922. The van der Waals surface area contributed by atoms with Gasteiger partial charge in [-0.3, -0.25) is 4.90 Å². The highest BCUT2D eigenvalue weighted by Gasteiger charge is 2.22. The van der Waals surface area contributed by atoms with Gasteiger partial charge in [0, 0.05) is 48.8 Å². The van der Waals surface area contributed by atoms with E-state index >= 15 is 0 Å². The van der Waals surface area contributed by atoms with Gasteiger partial charge in [0.25, 0.3) is 0 Å². The first-order chi connectivity index (χ1) is 9.70. The smallest absolute Gasteiger partial charge is 0.119 e. The molecule has 1 saturated heterocycles. The Hall–Kier alpha value is -1.52. The lowest BCUT2D eigenvalue weighted by molar-refractivity contribution is 0.186. The average molecular weight is 273 g/mol. The Morgan fingerprint density at radius 1 is 1.25 bits per heavy atom. The third-order valence-electron chi connectivity index (χ3n) is 4.36. The van der Waals surface area contributed by atoms with E-state index in [9.17, 15) is 0 Å². The van der Waals surface area contributed by atoms with Crippen molar-refractivity contribution in [2.75, 3.05) is 33.3 Å². The van der Waals surface area contributed by atoms with Crippen LogP contribution in [-0.2, 0) is 0 Å². The number of aromatic amines is 1. The van der Waals surface area contributed by atoms with Crippen LogP contribution in [0.5, 0.6) is 5.75 Å². The highest BCUT2D eigenvalue weighted by Crippen LogP contribution is 2.33. The van der Waals surface area contributed by atoms with Crippen LogP contribution < -0.4 is 10.1 Å². The summed E-state index contributed by atoms with van der Waals surface area (Å²) in [4.78, 5) is 6.05. The van der Waals surface area contributed by atoms with Gasteiger partial charge in [0.05, 0.1) is 7.11 Å². The minimum atomic E-state index is 0.429. The Kier molecular flexibility index (Phi) is 3.68. The lowest BCUT2D eigenvalue weighted by Crippen LogP contribution is -2.44. The number of methoxy groups -OCH3 is 1. The van der Waals surface area contributed by atoms with Gasteiger partial charge >= 0.3 is 0 Å². The quantitative estimate of drug-likeness (QED) is 0.902. The van der Waals surface area contributed by atoms with E-state index in [0.717, 1.165) is 31.9 Å². The SMILES string of the molecule is COc1ccc2[nH]c(C)c(C(C)N3CCNCC3)c2c1. The van der Waals surface area contributed by atoms with Gasteiger partial charge in [-0.25, -0.2) is 0 Å². The Bertz CT molecular complexity index is 599. The van der Waals surface area contributed by atoms with E-state index in [0.29, 0.717) is 6.04 Å². The highest BCUT2D eigenvalue weighted by atomic mass is 16.5.